The van der Waals surface area contributed by atoms with E-state index in [4.69, 9.17) is 5.73 Å². The fraction of sp³-hybridized carbons (Fsp3) is 0.833. The van der Waals surface area contributed by atoms with Crippen LogP contribution in [0.4, 0.5) is 0 Å². The third kappa shape index (κ3) is 4.00. The Kier molecular flexibility index (Phi) is 5.41. The van der Waals surface area contributed by atoms with E-state index in [-0.39, 0.29) is 17.7 Å². The van der Waals surface area contributed by atoms with E-state index in [0.29, 0.717) is 13.0 Å². The molecule has 1 fully saturated rings. The molecule has 98 valence electrons. The maximum absolute atomic E-state index is 11.9. The van der Waals surface area contributed by atoms with Crippen molar-refractivity contribution in [3.63, 3.8) is 0 Å². The smallest absolute Gasteiger partial charge is 0.242 e. The van der Waals surface area contributed by atoms with Crippen LogP contribution >= 0.6 is 0 Å². The van der Waals surface area contributed by atoms with E-state index in [1.54, 1.807) is 0 Å². The Hall–Kier alpha value is -1.10. The summed E-state index contributed by atoms with van der Waals surface area (Å²) in [6.45, 7) is 4.64. The quantitative estimate of drug-likeness (QED) is 0.655. The fourth-order valence-corrected chi connectivity index (χ4v) is 1.86. The van der Waals surface area contributed by atoms with Crippen LogP contribution in [0.5, 0.6) is 0 Å². The average molecular weight is 241 g/mol. The molecular weight excluding hydrogens is 218 g/mol. The first kappa shape index (κ1) is 14.0. The highest BCUT2D eigenvalue weighted by atomic mass is 16.2. The number of rotatable bonds is 4. The van der Waals surface area contributed by atoms with Crippen LogP contribution in [-0.2, 0) is 9.59 Å². The summed E-state index contributed by atoms with van der Waals surface area (Å²) in [4.78, 5) is 23.5. The van der Waals surface area contributed by atoms with Crippen molar-refractivity contribution in [2.24, 2.45) is 11.7 Å². The molecule has 5 heteroatoms. The number of hydrogen-bond acceptors (Lipinski definition) is 3. The van der Waals surface area contributed by atoms with Crippen molar-refractivity contribution >= 4 is 11.8 Å². The molecule has 0 aromatic heterocycles. The number of hydrogen-bond donors (Lipinski definition) is 3. The molecule has 0 spiro atoms. The Morgan fingerprint density at radius 1 is 1.59 bits per heavy atom. The van der Waals surface area contributed by atoms with Crippen LogP contribution in [0.1, 0.15) is 39.5 Å². The maximum atomic E-state index is 11.9. The van der Waals surface area contributed by atoms with Crippen molar-refractivity contribution in [1.82, 2.24) is 10.6 Å². The predicted octanol–water partition coefficient (Wildman–Crippen LogP) is 0.145. The Morgan fingerprint density at radius 3 is 2.94 bits per heavy atom. The molecule has 1 heterocycles. The van der Waals surface area contributed by atoms with Gasteiger partial charge in [0.25, 0.3) is 0 Å². The van der Waals surface area contributed by atoms with Gasteiger partial charge in [0.05, 0.1) is 6.04 Å². The van der Waals surface area contributed by atoms with E-state index in [9.17, 15) is 9.59 Å². The van der Waals surface area contributed by atoms with Crippen LogP contribution in [0, 0.1) is 5.92 Å². The van der Waals surface area contributed by atoms with Crippen LogP contribution < -0.4 is 16.4 Å². The van der Waals surface area contributed by atoms with Crippen molar-refractivity contribution < 1.29 is 9.59 Å². The minimum atomic E-state index is -0.531. The minimum Gasteiger partial charge on any atom is -0.354 e. The summed E-state index contributed by atoms with van der Waals surface area (Å²) in [5, 5.41) is 5.54. The van der Waals surface area contributed by atoms with Gasteiger partial charge in [-0.1, -0.05) is 20.3 Å². The monoisotopic (exact) mass is 241 g/mol. The molecule has 1 rings (SSSR count). The molecule has 2 unspecified atom stereocenters. The third-order valence-electron chi connectivity index (χ3n) is 3.41. The van der Waals surface area contributed by atoms with Gasteiger partial charge in [-0.2, -0.15) is 0 Å². The second kappa shape index (κ2) is 6.59. The molecule has 2 amide bonds. The zero-order chi connectivity index (χ0) is 12.8. The second-order valence-electron chi connectivity index (χ2n) is 4.76. The second-order valence-corrected chi connectivity index (χ2v) is 4.76. The first-order chi connectivity index (χ1) is 8.06. The standard InChI is InChI=1S/C12H23N3O2/c1-3-8(2)10(13)12(17)15-9-6-4-5-7-14-11(9)16/h8-10H,3-7,13H2,1-2H3,(H,14,16)(H,15,17)/t8?,9?,10-/m0/s1. The highest BCUT2D eigenvalue weighted by molar-refractivity contribution is 5.89. The van der Waals surface area contributed by atoms with Crippen LogP contribution in [-0.4, -0.2) is 30.4 Å². The van der Waals surface area contributed by atoms with Gasteiger partial charge in [-0.05, 0) is 25.2 Å². The van der Waals surface area contributed by atoms with Gasteiger partial charge in [0.15, 0.2) is 0 Å². The third-order valence-corrected chi connectivity index (χ3v) is 3.41. The number of amides is 2. The molecule has 1 aliphatic heterocycles. The highest BCUT2D eigenvalue weighted by Gasteiger charge is 2.26. The molecule has 17 heavy (non-hydrogen) atoms. The van der Waals surface area contributed by atoms with E-state index < -0.39 is 12.1 Å². The SMILES string of the molecule is CCC(C)[C@H](N)C(=O)NC1CCCCNC1=O. The van der Waals surface area contributed by atoms with Gasteiger partial charge in [0.1, 0.15) is 6.04 Å². The molecule has 0 bridgehead atoms. The molecule has 1 aliphatic rings. The van der Waals surface area contributed by atoms with E-state index in [1.807, 2.05) is 13.8 Å². The van der Waals surface area contributed by atoms with Crippen LogP contribution in [0.3, 0.4) is 0 Å². The van der Waals surface area contributed by atoms with Crippen LogP contribution in [0.15, 0.2) is 0 Å². The summed E-state index contributed by atoms with van der Waals surface area (Å²) in [7, 11) is 0. The molecular formula is C12H23N3O2. The fourth-order valence-electron chi connectivity index (χ4n) is 1.86. The number of carbonyl (C=O) groups excluding carboxylic acids is 2. The first-order valence-corrected chi connectivity index (χ1v) is 6.40. The Labute approximate surface area is 103 Å². The van der Waals surface area contributed by atoms with Crippen molar-refractivity contribution in [3.8, 4) is 0 Å². The van der Waals surface area contributed by atoms with Gasteiger partial charge in [-0.15, -0.1) is 0 Å². The minimum absolute atomic E-state index is 0.0906. The molecule has 1 saturated heterocycles. The highest BCUT2D eigenvalue weighted by Crippen LogP contribution is 2.08. The van der Waals surface area contributed by atoms with E-state index in [1.165, 1.54) is 0 Å². The normalized spacial score (nSPS) is 24.4. The maximum Gasteiger partial charge on any atom is 0.242 e. The number of nitrogens with one attached hydrogen (secondary N) is 2. The predicted molar refractivity (Wildman–Crippen MR) is 66.2 cm³/mol. The summed E-state index contributed by atoms with van der Waals surface area (Å²) >= 11 is 0. The lowest BCUT2D eigenvalue weighted by molar-refractivity contribution is -0.130. The van der Waals surface area contributed by atoms with E-state index >= 15 is 0 Å². The summed E-state index contributed by atoms with van der Waals surface area (Å²) < 4.78 is 0. The molecule has 4 N–H and O–H groups in total. The zero-order valence-corrected chi connectivity index (χ0v) is 10.7. The van der Waals surface area contributed by atoms with Crippen molar-refractivity contribution in [2.45, 2.75) is 51.6 Å². The summed E-state index contributed by atoms with van der Waals surface area (Å²) in [5.74, 6) is -0.183. The van der Waals surface area contributed by atoms with Crippen molar-refractivity contribution in [1.29, 1.82) is 0 Å². The molecule has 0 radical (unpaired) electrons. The topological polar surface area (TPSA) is 84.2 Å². The number of carbonyl (C=O) groups is 2. The molecule has 0 saturated carbocycles. The van der Waals surface area contributed by atoms with Crippen LogP contribution in [0.2, 0.25) is 0 Å². The molecule has 3 atom stereocenters. The van der Waals surface area contributed by atoms with Crippen molar-refractivity contribution in [2.75, 3.05) is 6.54 Å². The summed E-state index contributed by atoms with van der Waals surface area (Å²) in [6.07, 6.45) is 3.47. The average Bonchev–Trinajstić information content (AvgIpc) is 2.53. The Morgan fingerprint density at radius 2 is 2.29 bits per heavy atom. The van der Waals surface area contributed by atoms with Crippen LogP contribution in [0.25, 0.3) is 0 Å². The molecule has 5 nitrogen and oxygen atoms in total. The molecule has 0 aliphatic carbocycles. The summed E-state index contributed by atoms with van der Waals surface area (Å²) in [6, 6.07) is -0.948. The molecule has 0 aromatic rings. The largest absolute Gasteiger partial charge is 0.354 e. The van der Waals surface area contributed by atoms with Gasteiger partial charge in [0.2, 0.25) is 11.8 Å². The van der Waals surface area contributed by atoms with Gasteiger partial charge >= 0.3 is 0 Å². The van der Waals surface area contributed by atoms with Gasteiger partial charge < -0.3 is 16.4 Å². The first-order valence-electron chi connectivity index (χ1n) is 6.40. The number of nitrogens with two attached hydrogens (primary N) is 1. The Balaban J connectivity index is 2.51. The van der Waals surface area contributed by atoms with Crippen molar-refractivity contribution in [3.05, 3.63) is 0 Å². The molecule has 0 aromatic carbocycles. The van der Waals surface area contributed by atoms with Gasteiger partial charge in [-0.3, -0.25) is 9.59 Å². The summed E-state index contributed by atoms with van der Waals surface area (Å²) in [5.41, 5.74) is 5.83. The lowest BCUT2D eigenvalue weighted by Gasteiger charge is -2.21. The zero-order valence-electron chi connectivity index (χ0n) is 10.7. The van der Waals surface area contributed by atoms with E-state index in [0.717, 1.165) is 19.3 Å². The van der Waals surface area contributed by atoms with Gasteiger partial charge in [0, 0.05) is 6.54 Å². The van der Waals surface area contributed by atoms with Gasteiger partial charge in [-0.25, -0.2) is 0 Å². The lowest BCUT2D eigenvalue weighted by atomic mass is 9.99. The lowest BCUT2D eigenvalue weighted by Crippen LogP contribution is -2.52. The van der Waals surface area contributed by atoms with E-state index in [2.05, 4.69) is 10.6 Å². The Bertz CT molecular complexity index is 281.